The van der Waals surface area contributed by atoms with Crippen molar-refractivity contribution in [2.75, 3.05) is 13.7 Å². The monoisotopic (exact) mass is 321 g/mol. The molecule has 1 heterocycles. The minimum Gasteiger partial charge on any atom is -0.496 e. The van der Waals surface area contributed by atoms with E-state index in [1.165, 1.54) is 49.8 Å². The van der Waals surface area contributed by atoms with Crippen LogP contribution in [0.5, 0.6) is 5.75 Å². The van der Waals surface area contributed by atoms with Crippen molar-refractivity contribution in [1.29, 1.82) is 0 Å². The molecule has 2 fully saturated rings. The molecule has 2 aromatic rings. The average molecular weight is 321 g/mol. The summed E-state index contributed by atoms with van der Waals surface area (Å²) in [4.78, 5) is 2.71. The number of nitrogens with zero attached hydrogens (tertiary/aromatic N) is 1. The first kappa shape index (κ1) is 15.7. The molecular weight excluding hydrogens is 294 g/mol. The van der Waals surface area contributed by atoms with Crippen molar-refractivity contribution >= 4 is 0 Å². The molecule has 1 saturated carbocycles. The van der Waals surface area contributed by atoms with Crippen LogP contribution in [0.1, 0.15) is 43.2 Å². The predicted octanol–water partition coefficient (Wildman–Crippen LogP) is 4.78. The number of fused-ring (bicyclic) bond motifs is 2. The van der Waals surface area contributed by atoms with Crippen LogP contribution in [0.25, 0.3) is 0 Å². The van der Waals surface area contributed by atoms with Crippen molar-refractivity contribution in [3.8, 4) is 5.75 Å². The largest absolute Gasteiger partial charge is 0.496 e. The van der Waals surface area contributed by atoms with Gasteiger partial charge in [0.2, 0.25) is 0 Å². The zero-order valence-corrected chi connectivity index (χ0v) is 14.6. The van der Waals surface area contributed by atoms with E-state index in [-0.39, 0.29) is 0 Å². The van der Waals surface area contributed by atoms with Crippen molar-refractivity contribution < 1.29 is 4.74 Å². The topological polar surface area (TPSA) is 12.5 Å². The Morgan fingerprint density at radius 2 is 1.83 bits per heavy atom. The fraction of sp³-hybridized carbons (Fsp3) is 0.455. The third kappa shape index (κ3) is 2.84. The molecule has 0 amide bonds. The highest BCUT2D eigenvalue weighted by molar-refractivity contribution is 5.41. The van der Waals surface area contributed by atoms with Gasteiger partial charge in [-0.2, -0.15) is 0 Å². The number of benzene rings is 2. The van der Waals surface area contributed by atoms with E-state index in [4.69, 9.17) is 4.74 Å². The molecule has 2 nitrogen and oxygen atoms in total. The van der Waals surface area contributed by atoms with Gasteiger partial charge >= 0.3 is 0 Å². The maximum absolute atomic E-state index is 5.69. The highest BCUT2D eigenvalue weighted by Crippen LogP contribution is 2.49. The van der Waals surface area contributed by atoms with Gasteiger partial charge < -0.3 is 4.74 Å². The minimum absolute atomic E-state index is 0.322. The van der Waals surface area contributed by atoms with Crippen molar-refractivity contribution in [3.63, 3.8) is 0 Å². The van der Waals surface area contributed by atoms with Gasteiger partial charge in [-0.15, -0.1) is 0 Å². The summed E-state index contributed by atoms with van der Waals surface area (Å²) in [6.45, 7) is 2.28. The number of hydrogen-bond donors (Lipinski definition) is 0. The van der Waals surface area contributed by atoms with Crippen LogP contribution in [-0.2, 0) is 12.0 Å². The van der Waals surface area contributed by atoms with Gasteiger partial charge in [0.25, 0.3) is 0 Å². The fourth-order valence-electron chi connectivity index (χ4n) is 4.90. The third-order valence-electron chi connectivity index (χ3n) is 6.12. The van der Waals surface area contributed by atoms with E-state index in [1.54, 1.807) is 7.11 Å². The Bertz CT molecular complexity index is 683. The molecule has 0 radical (unpaired) electrons. The van der Waals surface area contributed by atoms with E-state index in [9.17, 15) is 0 Å². The number of ether oxygens (including phenoxy) is 1. The van der Waals surface area contributed by atoms with E-state index < -0.39 is 0 Å². The minimum atomic E-state index is 0.322. The molecule has 2 aliphatic rings. The van der Waals surface area contributed by atoms with E-state index in [0.717, 1.165) is 12.3 Å². The van der Waals surface area contributed by atoms with Crippen LogP contribution in [0.15, 0.2) is 54.6 Å². The molecule has 2 atom stereocenters. The van der Waals surface area contributed by atoms with Gasteiger partial charge in [-0.3, -0.25) is 4.90 Å². The highest BCUT2D eigenvalue weighted by atomic mass is 16.5. The summed E-state index contributed by atoms with van der Waals surface area (Å²) in [6.07, 6.45) is 6.50. The van der Waals surface area contributed by atoms with E-state index in [2.05, 4.69) is 59.5 Å². The summed E-state index contributed by atoms with van der Waals surface area (Å²) in [5.74, 6) is 1.08. The van der Waals surface area contributed by atoms with Crippen LogP contribution < -0.4 is 4.74 Å². The molecule has 0 spiro atoms. The van der Waals surface area contributed by atoms with Crippen LogP contribution in [-0.4, -0.2) is 24.6 Å². The number of likely N-dealkylation sites (tertiary alicyclic amines) is 1. The molecule has 2 aromatic carbocycles. The lowest BCUT2D eigenvalue weighted by Gasteiger charge is -2.51. The Kier molecular flexibility index (Phi) is 4.32. The van der Waals surface area contributed by atoms with Gasteiger partial charge in [-0.1, -0.05) is 55.0 Å². The third-order valence-corrected chi connectivity index (χ3v) is 6.12. The van der Waals surface area contributed by atoms with Gasteiger partial charge in [-0.25, -0.2) is 0 Å². The Balaban J connectivity index is 1.57. The number of rotatable bonds is 4. The molecule has 4 rings (SSSR count). The Labute approximate surface area is 145 Å². The number of hydrogen-bond acceptors (Lipinski definition) is 2. The lowest BCUT2D eigenvalue weighted by Crippen LogP contribution is -2.51. The van der Waals surface area contributed by atoms with Gasteiger partial charge in [-0.05, 0) is 43.9 Å². The van der Waals surface area contributed by atoms with E-state index >= 15 is 0 Å². The molecule has 1 aliphatic carbocycles. The summed E-state index contributed by atoms with van der Waals surface area (Å²) in [7, 11) is 1.81. The molecular formula is C22H27NO. The standard InChI is InChI=1S/C22H27NO/c1-24-21-12-6-5-11-20(21)22-13-7-10-19(16-22)23(15-14-22)17-18-8-3-2-4-9-18/h2-6,8-9,11-12,19H,7,10,13-17H2,1H3. The summed E-state index contributed by atoms with van der Waals surface area (Å²) >= 11 is 0. The predicted molar refractivity (Wildman–Crippen MR) is 98.4 cm³/mol. The lowest BCUT2D eigenvalue weighted by molar-refractivity contribution is 0.0448. The summed E-state index contributed by atoms with van der Waals surface area (Å²) < 4.78 is 5.69. The molecule has 2 unspecified atom stereocenters. The van der Waals surface area contributed by atoms with Crippen molar-refractivity contribution in [2.45, 2.75) is 50.1 Å². The van der Waals surface area contributed by atoms with Crippen molar-refractivity contribution in [1.82, 2.24) is 4.90 Å². The van der Waals surface area contributed by atoms with Gasteiger partial charge in [0.05, 0.1) is 7.11 Å². The quantitative estimate of drug-likeness (QED) is 0.803. The van der Waals surface area contributed by atoms with E-state index in [0.29, 0.717) is 11.5 Å². The molecule has 2 heteroatoms. The maximum Gasteiger partial charge on any atom is 0.122 e. The zero-order chi connectivity index (χ0) is 16.4. The summed E-state index contributed by atoms with van der Waals surface area (Å²) in [5, 5.41) is 0. The van der Waals surface area contributed by atoms with Gasteiger partial charge in [0.15, 0.2) is 0 Å². The molecule has 1 aliphatic heterocycles. The second-order valence-corrected chi connectivity index (χ2v) is 7.44. The van der Waals surface area contributed by atoms with Crippen molar-refractivity contribution in [2.24, 2.45) is 0 Å². The first-order valence-electron chi connectivity index (χ1n) is 9.22. The van der Waals surface area contributed by atoms with E-state index in [1.807, 2.05) is 0 Å². The van der Waals surface area contributed by atoms with Crippen LogP contribution in [0.3, 0.4) is 0 Å². The van der Waals surface area contributed by atoms with Crippen LogP contribution in [0.4, 0.5) is 0 Å². The lowest BCUT2D eigenvalue weighted by atomic mass is 9.63. The first-order valence-corrected chi connectivity index (χ1v) is 9.22. The molecule has 0 N–H and O–H groups in total. The molecule has 2 bridgehead atoms. The molecule has 24 heavy (non-hydrogen) atoms. The van der Waals surface area contributed by atoms with Crippen molar-refractivity contribution in [3.05, 3.63) is 65.7 Å². The van der Waals surface area contributed by atoms with Crippen LogP contribution >= 0.6 is 0 Å². The Hall–Kier alpha value is -1.80. The summed E-state index contributed by atoms with van der Waals surface area (Å²) in [6, 6.07) is 20.3. The van der Waals surface area contributed by atoms with Crippen LogP contribution in [0, 0.1) is 0 Å². The SMILES string of the molecule is COc1ccccc1C12CCCC(C1)N(Cc1ccccc1)CC2. The fourth-order valence-corrected chi connectivity index (χ4v) is 4.90. The molecule has 1 saturated heterocycles. The number of methoxy groups -OCH3 is 1. The Morgan fingerprint density at radius 3 is 2.67 bits per heavy atom. The highest BCUT2D eigenvalue weighted by Gasteiger charge is 2.44. The maximum atomic E-state index is 5.69. The molecule has 0 aromatic heterocycles. The Morgan fingerprint density at radius 1 is 1.04 bits per heavy atom. The van der Waals surface area contributed by atoms with Gasteiger partial charge in [0, 0.05) is 23.6 Å². The number of piperidine rings is 1. The van der Waals surface area contributed by atoms with Gasteiger partial charge in [0.1, 0.15) is 5.75 Å². The number of para-hydroxylation sites is 1. The average Bonchev–Trinajstić information content (AvgIpc) is 2.65. The smallest absolute Gasteiger partial charge is 0.122 e. The zero-order valence-electron chi connectivity index (χ0n) is 14.6. The molecule has 126 valence electrons. The normalized spacial score (nSPS) is 27.0. The second-order valence-electron chi connectivity index (χ2n) is 7.44. The second kappa shape index (κ2) is 6.60. The summed E-state index contributed by atoms with van der Waals surface area (Å²) in [5.41, 5.74) is 3.20. The van der Waals surface area contributed by atoms with Crippen LogP contribution in [0.2, 0.25) is 0 Å². The first-order chi connectivity index (χ1) is 11.8.